The third kappa shape index (κ3) is 4.64. The molecule has 1 aliphatic heterocycles. The van der Waals surface area contributed by atoms with E-state index in [2.05, 4.69) is 10.2 Å². The highest BCUT2D eigenvalue weighted by atomic mass is 35.5. The Morgan fingerprint density at radius 3 is 2.44 bits per heavy atom. The maximum Gasteiger partial charge on any atom is 0.127 e. The van der Waals surface area contributed by atoms with Crippen molar-refractivity contribution in [3.05, 3.63) is 63.4 Å². The number of nitrogens with zero attached hydrogens (tertiary/aromatic N) is 1. The van der Waals surface area contributed by atoms with Crippen molar-refractivity contribution in [3.63, 3.8) is 0 Å². The molecular weight excluding hydrogens is 360 g/mol. The number of benzene rings is 2. The molecule has 6 heteroatoms. The lowest BCUT2D eigenvalue weighted by Crippen LogP contribution is -2.39. The summed E-state index contributed by atoms with van der Waals surface area (Å²) in [4.78, 5) is 2.29. The molecule has 0 amide bonds. The molecule has 0 aliphatic carbocycles. The van der Waals surface area contributed by atoms with Crippen LogP contribution in [0.4, 0.5) is 10.1 Å². The van der Waals surface area contributed by atoms with Gasteiger partial charge < -0.3 is 11.1 Å². The van der Waals surface area contributed by atoms with E-state index >= 15 is 0 Å². The SMILES string of the molecule is NCc1cc(Cl)c(Cl)cc1NC1CCN(Cc2ccccc2F)CC1. The van der Waals surface area contributed by atoms with Crippen LogP contribution in [0.15, 0.2) is 36.4 Å². The summed E-state index contributed by atoms with van der Waals surface area (Å²) in [6.45, 7) is 2.90. The standard InChI is InChI=1S/C19H22Cl2FN3/c20-16-9-14(11-23)19(10-17(16)21)24-15-5-7-25(8-6-15)12-13-3-1-2-4-18(13)22/h1-4,9-10,15,24H,5-8,11-12,23H2. The molecule has 1 saturated heterocycles. The largest absolute Gasteiger partial charge is 0.382 e. The van der Waals surface area contributed by atoms with Crippen LogP contribution in [0.3, 0.4) is 0 Å². The van der Waals surface area contributed by atoms with Gasteiger partial charge in [-0.25, -0.2) is 4.39 Å². The van der Waals surface area contributed by atoms with Gasteiger partial charge >= 0.3 is 0 Å². The summed E-state index contributed by atoms with van der Waals surface area (Å²) in [7, 11) is 0. The number of rotatable bonds is 5. The minimum atomic E-state index is -0.133. The molecule has 1 fully saturated rings. The quantitative estimate of drug-likeness (QED) is 0.790. The van der Waals surface area contributed by atoms with Crippen LogP contribution in [0, 0.1) is 5.82 Å². The van der Waals surface area contributed by atoms with E-state index in [1.165, 1.54) is 6.07 Å². The second-order valence-electron chi connectivity index (χ2n) is 6.41. The van der Waals surface area contributed by atoms with Gasteiger partial charge in [0.05, 0.1) is 10.0 Å². The molecule has 0 bridgehead atoms. The summed E-state index contributed by atoms with van der Waals surface area (Å²) in [6.07, 6.45) is 1.97. The lowest BCUT2D eigenvalue weighted by Gasteiger charge is -2.33. The maximum absolute atomic E-state index is 13.8. The number of nitrogens with one attached hydrogen (secondary N) is 1. The average Bonchev–Trinajstić information content (AvgIpc) is 2.61. The second kappa shape index (κ2) is 8.37. The van der Waals surface area contributed by atoms with Crippen molar-refractivity contribution in [1.29, 1.82) is 0 Å². The van der Waals surface area contributed by atoms with E-state index in [1.54, 1.807) is 6.07 Å². The highest BCUT2D eigenvalue weighted by molar-refractivity contribution is 6.42. The first kappa shape index (κ1) is 18.5. The first-order chi connectivity index (χ1) is 12.1. The van der Waals surface area contributed by atoms with Crippen LogP contribution in [0.1, 0.15) is 24.0 Å². The predicted octanol–water partition coefficient (Wildman–Crippen LogP) is 4.67. The molecular formula is C19H22Cl2FN3. The fourth-order valence-electron chi connectivity index (χ4n) is 3.21. The number of anilines is 1. The molecule has 0 unspecified atom stereocenters. The van der Waals surface area contributed by atoms with Crippen LogP contribution in [-0.4, -0.2) is 24.0 Å². The summed E-state index contributed by atoms with van der Waals surface area (Å²) in [5.41, 5.74) is 8.47. The molecule has 2 aromatic carbocycles. The molecule has 1 heterocycles. The second-order valence-corrected chi connectivity index (χ2v) is 7.23. The van der Waals surface area contributed by atoms with Gasteiger partial charge in [-0.1, -0.05) is 41.4 Å². The lowest BCUT2D eigenvalue weighted by molar-refractivity contribution is 0.209. The van der Waals surface area contributed by atoms with Gasteiger partial charge in [-0.05, 0) is 36.6 Å². The summed E-state index contributed by atoms with van der Waals surface area (Å²) >= 11 is 12.2. The van der Waals surface area contributed by atoms with Gasteiger partial charge in [0.15, 0.2) is 0 Å². The Bertz CT molecular complexity index is 731. The molecule has 3 rings (SSSR count). The van der Waals surface area contributed by atoms with Gasteiger partial charge in [0.25, 0.3) is 0 Å². The van der Waals surface area contributed by atoms with E-state index in [4.69, 9.17) is 28.9 Å². The van der Waals surface area contributed by atoms with Crippen molar-refractivity contribution in [2.45, 2.75) is 32.0 Å². The van der Waals surface area contributed by atoms with Crippen LogP contribution in [0.2, 0.25) is 10.0 Å². The zero-order chi connectivity index (χ0) is 17.8. The van der Waals surface area contributed by atoms with Crippen LogP contribution in [-0.2, 0) is 13.1 Å². The van der Waals surface area contributed by atoms with Crippen molar-refractivity contribution in [3.8, 4) is 0 Å². The molecule has 0 spiro atoms. The number of hydrogen-bond acceptors (Lipinski definition) is 3. The van der Waals surface area contributed by atoms with E-state index in [0.717, 1.165) is 42.7 Å². The Balaban J connectivity index is 1.58. The normalized spacial score (nSPS) is 16.2. The van der Waals surface area contributed by atoms with Crippen molar-refractivity contribution in [2.75, 3.05) is 18.4 Å². The zero-order valence-electron chi connectivity index (χ0n) is 13.9. The van der Waals surface area contributed by atoms with Crippen molar-refractivity contribution in [1.82, 2.24) is 4.90 Å². The molecule has 0 atom stereocenters. The number of piperidine rings is 1. The number of likely N-dealkylation sites (tertiary alicyclic amines) is 1. The minimum absolute atomic E-state index is 0.133. The van der Waals surface area contributed by atoms with Gasteiger partial charge in [-0.3, -0.25) is 4.90 Å². The number of halogens is 3. The Labute approximate surface area is 157 Å². The maximum atomic E-state index is 13.8. The molecule has 0 saturated carbocycles. The van der Waals surface area contributed by atoms with Crippen molar-refractivity contribution < 1.29 is 4.39 Å². The smallest absolute Gasteiger partial charge is 0.127 e. The van der Waals surface area contributed by atoms with Crippen LogP contribution >= 0.6 is 23.2 Å². The minimum Gasteiger partial charge on any atom is -0.382 e. The summed E-state index contributed by atoms with van der Waals surface area (Å²) in [5.74, 6) is -0.133. The fourth-order valence-corrected chi connectivity index (χ4v) is 3.56. The third-order valence-electron chi connectivity index (χ3n) is 4.67. The molecule has 0 aromatic heterocycles. The fraction of sp³-hybridized carbons (Fsp3) is 0.368. The van der Waals surface area contributed by atoms with Crippen LogP contribution < -0.4 is 11.1 Å². The molecule has 3 N–H and O–H groups in total. The summed E-state index contributed by atoms with van der Waals surface area (Å²) in [6, 6.07) is 11.0. The highest BCUT2D eigenvalue weighted by Crippen LogP contribution is 2.30. The van der Waals surface area contributed by atoms with E-state index in [0.29, 0.717) is 29.2 Å². The van der Waals surface area contributed by atoms with E-state index < -0.39 is 0 Å². The average molecular weight is 382 g/mol. The molecule has 0 radical (unpaired) electrons. The van der Waals surface area contributed by atoms with Gasteiger partial charge in [0.1, 0.15) is 5.82 Å². The topological polar surface area (TPSA) is 41.3 Å². The van der Waals surface area contributed by atoms with E-state index in [1.807, 2.05) is 24.3 Å². The van der Waals surface area contributed by atoms with Crippen molar-refractivity contribution in [2.24, 2.45) is 5.73 Å². The van der Waals surface area contributed by atoms with Crippen LogP contribution in [0.5, 0.6) is 0 Å². The third-order valence-corrected chi connectivity index (χ3v) is 5.39. The van der Waals surface area contributed by atoms with Gasteiger partial charge in [-0.2, -0.15) is 0 Å². The Morgan fingerprint density at radius 1 is 1.08 bits per heavy atom. The zero-order valence-corrected chi connectivity index (χ0v) is 15.5. The molecule has 1 aliphatic rings. The van der Waals surface area contributed by atoms with Gasteiger partial charge in [0.2, 0.25) is 0 Å². The van der Waals surface area contributed by atoms with E-state index in [-0.39, 0.29) is 5.82 Å². The van der Waals surface area contributed by atoms with Crippen molar-refractivity contribution >= 4 is 28.9 Å². The Morgan fingerprint density at radius 2 is 1.76 bits per heavy atom. The summed E-state index contributed by atoms with van der Waals surface area (Å²) in [5, 5.41) is 4.59. The molecule has 134 valence electrons. The lowest BCUT2D eigenvalue weighted by atomic mass is 10.0. The first-order valence-electron chi connectivity index (χ1n) is 8.47. The first-order valence-corrected chi connectivity index (χ1v) is 9.22. The number of nitrogens with two attached hydrogens (primary N) is 1. The number of hydrogen-bond donors (Lipinski definition) is 2. The molecule has 2 aromatic rings. The Kier molecular flexibility index (Phi) is 6.18. The molecule has 25 heavy (non-hydrogen) atoms. The molecule has 3 nitrogen and oxygen atoms in total. The highest BCUT2D eigenvalue weighted by Gasteiger charge is 2.21. The predicted molar refractivity (Wildman–Crippen MR) is 103 cm³/mol. The summed E-state index contributed by atoms with van der Waals surface area (Å²) < 4.78 is 13.8. The van der Waals surface area contributed by atoms with Gasteiger partial charge in [-0.15, -0.1) is 0 Å². The monoisotopic (exact) mass is 381 g/mol. The van der Waals surface area contributed by atoms with E-state index in [9.17, 15) is 4.39 Å². The Hall–Kier alpha value is -1.33. The van der Waals surface area contributed by atoms with Crippen LogP contribution in [0.25, 0.3) is 0 Å². The van der Waals surface area contributed by atoms with Gasteiger partial charge in [0, 0.05) is 43.5 Å².